The van der Waals surface area contributed by atoms with Gasteiger partial charge in [-0.05, 0) is 56.3 Å². The van der Waals surface area contributed by atoms with E-state index in [4.69, 9.17) is 14.5 Å². The first-order chi connectivity index (χ1) is 19.5. The number of rotatable bonds is 10. The molecule has 2 aliphatic heterocycles. The number of nitrogens with one attached hydrogen (secondary N) is 3. The molecule has 40 heavy (non-hydrogen) atoms. The average Bonchev–Trinajstić information content (AvgIpc) is 2.94. The minimum atomic E-state index is -1.21. The second kappa shape index (κ2) is 14.6. The van der Waals surface area contributed by atoms with Crippen LogP contribution in [0.1, 0.15) is 46.2 Å². The predicted molar refractivity (Wildman–Crippen MR) is 169 cm³/mol. The van der Waals surface area contributed by atoms with E-state index in [1.807, 2.05) is 70.2 Å². The number of benzene rings is 2. The van der Waals surface area contributed by atoms with Crippen molar-refractivity contribution in [1.82, 2.24) is 15.3 Å². The first-order valence-corrected chi connectivity index (χ1v) is 15.8. The maximum absolute atomic E-state index is 12.7. The summed E-state index contributed by atoms with van der Waals surface area (Å²) in [6.45, 7) is 15.0. The van der Waals surface area contributed by atoms with E-state index >= 15 is 0 Å². The first-order valence-electron chi connectivity index (χ1n) is 13.8. The molecule has 2 aromatic carbocycles. The third-order valence-corrected chi connectivity index (χ3v) is 8.73. The molecule has 0 aliphatic carbocycles. The van der Waals surface area contributed by atoms with Crippen molar-refractivity contribution in [1.29, 1.82) is 0 Å². The standard InChI is InChI=1S/C28H33N5O3S2.C2H6/c1-18(2)37-27(25-12-14-30-28(32-25)31-20-7-6-13-29-15-20)19(3)36-26-11-10-24(22-8-4-5-9-23(22)26)33-38(34)21-16-35-17-21;1-2/h4-5,8-12,14,20-21,29,33H,1,6-7,13,15-17H2,2-3H3,(H,30,31,32);1-2H3/b27-19+;. The number of allylic oxidation sites excluding steroid dienone is 2. The molecule has 0 amide bonds. The summed E-state index contributed by atoms with van der Waals surface area (Å²) in [7, 11) is -1.21. The molecule has 0 radical (unpaired) electrons. The van der Waals surface area contributed by atoms with Crippen molar-refractivity contribution >= 4 is 50.1 Å². The number of fused-ring (bicyclic) bond motifs is 1. The normalized spacial score (nSPS) is 18.4. The molecule has 3 N–H and O–H groups in total. The van der Waals surface area contributed by atoms with Crippen LogP contribution in [0.15, 0.2) is 65.9 Å². The lowest BCUT2D eigenvalue weighted by molar-refractivity contribution is 0.0437. The zero-order valence-electron chi connectivity index (χ0n) is 23.7. The van der Waals surface area contributed by atoms with Crippen LogP contribution < -0.4 is 20.1 Å². The summed E-state index contributed by atoms with van der Waals surface area (Å²) in [6.07, 6.45) is 4.00. The lowest BCUT2D eigenvalue weighted by Gasteiger charge is -2.25. The number of ether oxygens (including phenoxy) is 2. The van der Waals surface area contributed by atoms with Crippen LogP contribution in [0.4, 0.5) is 11.6 Å². The minimum absolute atomic E-state index is 0.0122. The molecule has 0 spiro atoms. The number of hydrogen-bond acceptors (Lipinski definition) is 8. The van der Waals surface area contributed by atoms with Crippen LogP contribution in [0.2, 0.25) is 0 Å². The Morgan fingerprint density at radius 3 is 2.60 bits per heavy atom. The number of anilines is 2. The van der Waals surface area contributed by atoms with E-state index in [2.05, 4.69) is 26.9 Å². The molecule has 10 heteroatoms. The molecule has 2 saturated heterocycles. The van der Waals surface area contributed by atoms with Crippen molar-refractivity contribution in [3.63, 3.8) is 0 Å². The summed E-state index contributed by atoms with van der Waals surface area (Å²) < 4.78 is 27.5. The topological polar surface area (TPSA) is 97.4 Å². The van der Waals surface area contributed by atoms with Gasteiger partial charge in [-0.25, -0.2) is 14.2 Å². The Bertz CT molecular complexity index is 1370. The van der Waals surface area contributed by atoms with Crippen LogP contribution in [0.3, 0.4) is 0 Å². The van der Waals surface area contributed by atoms with Gasteiger partial charge in [-0.15, -0.1) is 0 Å². The zero-order chi connectivity index (χ0) is 28.5. The van der Waals surface area contributed by atoms with Crippen molar-refractivity contribution < 1.29 is 13.7 Å². The van der Waals surface area contributed by atoms with E-state index in [0.717, 1.165) is 57.9 Å². The summed E-state index contributed by atoms with van der Waals surface area (Å²) in [5.41, 5.74) is 1.58. The van der Waals surface area contributed by atoms with E-state index in [-0.39, 0.29) is 5.25 Å². The van der Waals surface area contributed by atoms with E-state index in [1.54, 1.807) is 6.20 Å². The molecule has 2 fully saturated rings. The molecular formula is C30H39N5O3S2. The zero-order valence-corrected chi connectivity index (χ0v) is 25.3. The highest BCUT2D eigenvalue weighted by molar-refractivity contribution is 8.11. The van der Waals surface area contributed by atoms with Gasteiger partial charge in [0, 0.05) is 29.6 Å². The summed E-state index contributed by atoms with van der Waals surface area (Å²) in [4.78, 5) is 11.1. The molecule has 0 saturated carbocycles. The molecular weight excluding hydrogens is 542 g/mol. The van der Waals surface area contributed by atoms with E-state index in [0.29, 0.717) is 36.7 Å². The highest BCUT2D eigenvalue weighted by Gasteiger charge is 2.26. The maximum atomic E-state index is 12.7. The Labute approximate surface area is 244 Å². The van der Waals surface area contributed by atoms with Crippen LogP contribution in [0.25, 0.3) is 15.7 Å². The van der Waals surface area contributed by atoms with Crippen LogP contribution in [-0.2, 0) is 15.7 Å². The number of piperidine rings is 1. The van der Waals surface area contributed by atoms with Crippen molar-refractivity contribution in [3.8, 4) is 5.75 Å². The van der Waals surface area contributed by atoms with Gasteiger partial charge < -0.3 is 24.8 Å². The lowest BCUT2D eigenvalue weighted by atomic mass is 10.1. The monoisotopic (exact) mass is 581 g/mol. The van der Waals surface area contributed by atoms with E-state index in [9.17, 15) is 4.21 Å². The fraction of sp³-hybridized carbons (Fsp3) is 0.400. The van der Waals surface area contributed by atoms with Gasteiger partial charge in [0.05, 0.1) is 29.5 Å². The Hall–Kier alpha value is -2.92. The molecule has 214 valence electrons. The van der Waals surface area contributed by atoms with Gasteiger partial charge in [0.15, 0.2) is 0 Å². The number of aromatic nitrogens is 2. The third kappa shape index (κ3) is 7.63. The molecule has 2 unspecified atom stereocenters. The number of hydrogen-bond donors (Lipinski definition) is 3. The van der Waals surface area contributed by atoms with Gasteiger partial charge in [-0.1, -0.05) is 56.5 Å². The van der Waals surface area contributed by atoms with Crippen molar-refractivity contribution in [2.45, 2.75) is 51.8 Å². The van der Waals surface area contributed by atoms with Crippen molar-refractivity contribution in [2.24, 2.45) is 0 Å². The minimum Gasteiger partial charge on any atom is -0.460 e. The molecule has 0 bridgehead atoms. The van der Waals surface area contributed by atoms with Gasteiger partial charge in [0.2, 0.25) is 5.95 Å². The second-order valence-corrected chi connectivity index (χ2v) is 12.2. The van der Waals surface area contributed by atoms with Crippen LogP contribution >= 0.6 is 11.8 Å². The molecule has 2 atom stereocenters. The SMILES string of the molecule is C=C(C)S/C(=C(\C)Oc1ccc(NS(=O)C2COC2)c2ccccc12)c1ccnc(NC2CCCNC2)n1.CC. The van der Waals surface area contributed by atoms with Gasteiger partial charge in [-0.2, -0.15) is 0 Å². The number of thioether (sulfide) groups is 1. The molecule has 2 aliphatic rings. The van der Waals surface area contributed by atoms with Crippen LogP contribution in [0.5, 0.6) is 5.75 Å². The molecule has 8 nitrogen and oxygen atoms in total. The fourth-order valence-corrected chi connectivity index (χ4v) is 6.13. The van der Waals surface area contributed by atoms with Crippen LogP contribution in [-0.4, -0.2) is 51.8 Å². The van der Waals surface area contributed by atoms with E-state index < -0.39 is 11.0 Å². The van der Waals surface area contributed by atoms with Gasteiger partial charge in [-0.3, -0.25) is 0 Å². The summed E-state index contributed by atoms with van der Waals surface area (Å²) in [5.74, 6) is 2.03. The summed E-state index contributed by atoms with van der Waals surface area (Å²) in [6, 6.07) is 14.0. The molecule has 1 aromatic heterocycles. The largest absolute Gasteiger partial charge is 0.460 e. The maximum Gasteiger partial charge on any atom is 0.223 e. The lowest BCUT2D eigenvalue weighted by Crippen LogP contribution is -2.39. The van der Waals surface area contributed by atoms with E-state index in [1.165, 1.54) is 11.8 Å². The third-order valence-electron chi connectivity index (χ3n) is 6.38. The Balaban J connectivity index is 0.00000181. The Morgan fingerprint density at radius 2 is 1.93 bits per heavy atom. The predicted octanol–water partition coefficient (Wildman–Crippen LogP) is 6.33. The second-order valence-electron chi connectivity index (χ2n) is 9.46. The van der Waals surface area contributed by atoms with Crippen LogP contribution in [0, 0.1) is 0 Å². The average molecular weight is 582 g/mol. The Morgan fingerprint density at radius 1 is 1.15 bits per heavy atom. The smallest absolute Gasteiger partial charge is 0.223 e. The molecule has 5 rings (SSSR count). The Kier molecular flexibility index (Phi) is 11.0. The summed E-state index contributed by atoms with van der Waals surface area (Å²) >= 11 is 1.53. The highest BCUT2D eigenvalue weighted by Crippen LogP contribution is 2.38. The molecule has 3 aromatic rings. The fourth-order valence-electron chi connectivity index (χ4n) is 4.38. The van der Waals surface area contributed by atoms with Crippen molar-refractivity contribution in [2.75, 3.05) is 36.3 Å². The van der Waals surface area contributed by atoms with Gasteiger partial charge in [0.1, 0.15) is 27.7 Å². The van der Waals surface area contributed by atoms with Gasteiger partial charge in [0.25, 0.3) is 0 Å². The van der Waals surface area contributed by atoms with Gasteiger partial charge >= 0.3 is 0 Å². The highest BCUT2D eigenvalue weighted by atomic mass is 32.2. The quantitative estimate of drug-likeness (QED) is 0.239. The summed E-state index contributed by atoms with van der Waals surface area (Å²) in [5, 5.41) is 8.75. The number of nitrogens with zero attached hydrogens (tertiary/aromatic N) is 2. The first kappa shape index (κ1) is 30.0. The molecule has 3 heterocycles. The van der Waals surface area contributed by atoms with Crippen molar-refractivity contribution in [3.05, 3.63) is 71.6 Å².